The van der Waals surface area contributed by atoms with Crippen LogP contribution in [0.2, 0.25) is 0 Å². The summed E-state index contributed by atoms with van der Waals surface area (Å²) < 4.78 is 0. The van der Waals surface area contributed by atoms with Gasteiger partial charge in [-0.25, -0.2) is 0 Å². The van der Waals surface area contributed by atoms with Crippen molar-refractivity contribution in [2.24, 2.45) is 11.1 Å². The Bertz CT molecular complexity index is 271. The van der Waals surface area contributed by atoms with Gasteiger partial charge in [-0.2, -0.15) is 0 Å². The Morgan fingerprint density at radius 1 is 1.12 bits per heavy atom. The fraction of sp³-hybridized carbons (Fsp3) is 0.929. The third kappa shape index (κ3) is 3.01. The largest absolute Gasteiger partial charge is 0.351 e. The number of nitrogens with one attached hydrogen (secondary N) is 1. The number of hydrogen-bond donors (Lipinski definition) is 2. The van der Waals surface area contributed by atoms with Gasteiger partial charge in [0.1, 0.15) is 0 Å². The molecule has 0 radical (unpaired) electrons. The number of carbonyl (C=O) groups is 1. The van der Waals surface area contributed by atoms with Crippen LogP contribution < -0.4 is 11.1 Å². The zero-order valence-corrected chi connectivity index (χ0v) is 11.0. The summed E-state index contributed by atoms with van der Waals surface area (Å²) in [6.45, 7) is 2.12. The smallest absolute Gasteiger partial charge is 0.226 e. The highest BCUT2D eigenvalue weighted by Crippen LogP contribution is 2.36. The fourth-order valence-electron chi connectivity index (χ4n) is 3.24. The quantitative estimate of drug-likeness (QED) is 0.776. The third-order valence-corrected chi connectivity index (χ3v) is 4.64. The minimum atomic E-state index is -0.130. The second-order valence-corrected chi connectivity index (χ2v) is 6.15. The van der Waals surface area contributed by atoms with Crippen LogP contribution in [-0.2, 0) is 4.79 Å². The van der Waals surface area contributed by atoms with E-state index in [4.69, 9.17) is 5.73 Å². The van der Waals surface area contributed by atoms with Crippen LogP contribution in [0.1, 0.15) is 64.7 Å². The molecular formula is C14H26N2O. The second kappa shape index (κ2) is 5.38. The van der Waals surface area contributed by atoms with Gasteiger partial charge in [-0.3, -0.25) is 4.79 Å². The summed E-state index contributed by atoms with van der Waals surface area (Å²) in [5.41, 5.74) is 5.96. The number of hydrogen-bond acceptors (Lipinski definition) is 2. The highest BCUT2D eigenvalue weighted by molar-refractivity contribution is 5.82. The molecule has 3 nitrogen and oxygen atoms in total. The Morgan fingerprint density at radius 3 is 2.41 bits per heavy atom. The molecule has 3 N–H and O–H groups in total. The molecule has 2 rings (SSSR count). The number of rotatable bonds is 2. The molecule has 0 aromatic carbocycles. The summed E-state index contributed by atoms with van der Waals surface area (Å²) in [6.07, 6.45) is 10.3. The molecular weight excluding hydrogens is 212 g/mol. The minimum Gasteiger partial charge on any atom is -0.351 e. The zero-order chi connectivity index (χ0) is 12.3. The van der Waals surface area contributed by atoms with Crippen LogP contribution >= 0.6 is 0 Å². The van der Waals surface area contributed by atoms with Crippen LogP contribution in [0, 0.1) is 5.41 Å². The first kappa shape index (κ1) is 12.9. The van der Waals surface area contributed by atoms with Crippen molar-refractivity contribution in [3.05, 3.63) is 0 Å². The standard InChI is InChI=1S/C14H26N2O/c1-14(9-5-2-6-10-14)13(17)16-12-8-4-3-7-11(12)15/h11-12H,2-10,15H2,1H3,(H,16,17)/t11-,12-/m1/s1. The lowest BCUT2D eigenvalue weighted by Crippen LogP contribution is -2.53. The first-order valence-corrected chi connectivity index (χ1v) is 7.18. The van der Waals surface area contributed by atoms with Gasteiger partial charge in [0, 0.05) is 17.5 Å². The highest BCUT2D eigenvalue weighted by Gasteiger charge is 2.36. The molecule has 2 atom stereocenters. The van der Waals surface area contributed by atoms with Gasteiger partial charge in [0.2, 0.25) is 5.91 Å². The van der Waals surface area contributed by atoms with Gasteiger partial charge in [-0.05, 0) is 25.7 Å². The molecule has 3 heteroatoms. The Labute approximate surface area is 105 Å². The summed E-state index contributed by atoms with van der Waals surface area (Å²) >= 11 is 0. The predicted octanol–water partition coefficient (Wildman–Crippen LogP) is 2.34. The van der Waals surface area contributed by atoms with Crippen LogP contribution in [0.4, 0.5) is 0 Å². The normalized spacial score (nSPS) is 33.1. The number of nitrogens with two attached hydrogens (primary N) is 1. The lowest BCUT2D eigenvalue weighted by molar-refractivity contribution is -0.133. The van der Waals surface area contributed by atoms with E-state index in [1.807, 2.05) is 0 Å². The summed E-state index contributed by atoms with van der Waals surface area (Å²) in [5, 5.41) is 3.21. The van der Waals surface area contributed by atoms with Crippen LogP contribution in [-0.4, -0.2) is 18.0 Å². The van der Waals surface area contributed by atoms with E-state index in [0.29, 0.717) is 0 Å². The molecule has 2 saturated carbocycles. The minimum absolute atomic E-state index is 0.130. The van der Waals surface area contributed by atoms with Gasteiger partial charge in [-0.15, -0.1) is 0 Å². The van der Waals surface area contributed by atoms with Gasteiger partial charge in [0.15, 0.2) is 0 Å². The monoisotopic (exact) mass is 238 g/mol. The summed E-state index contributed by atoms with van der Waals surface area (Å²) in [6, 6.07) is 0.384. The lowest BCUT2D eigenvalue weighted by Gasteiger charge is -2.36. The predicted molar refractivity (Wildman–Crippen MR) is 69.6 cm³/mol. The van der Waals surface area contributed by atoms with Gasteiger partial charge in [0.25, 0.3) is 0 Å². The van der Waals surface area contributed by atoms with Crippen molar-refractivity contribution in [3.8, 4) is 0 Å². The molecule has 0 aromatic rings. The van der Waals surface area contributed by atoms with E-state index in [2.05, 4.69) is 12.2 Å². The molecule has 0 spiro atoms. The molecule has 0 bridgehead atoms. The van der Waals surface area contributed by atoms with Crippen molar-refractivity contribution in [1.29, 1.82) is 0 Å². The fourth-order valence-corrected chi connectivity index (χ4v) is 3.24. The molecule has 2 aliphatic rings. The van der Waals surface area contributed by atoms with E-state index >= 15 is 0 Å². The molecule has 2 aliphatic carbocycles. The maximum absolute atomic E-state index is 12.4. The van der Waals surface area contributed by atoms with Crippen LogP contribution in [0.3, 0.4) is 0 Å². The SMILES string of the molecule is CC1(C(=O)N[C@@H]2CCCC[C@H]2N)CCCCC1. The first-order valence-electron chi connectivity index (χ1n) is 7.18. The van der Waals surface area contributed by atoms with Crippen LogP contribution in [0.25, 0.3) is 0 Å². The van der Waals surface area contributed by atoms with Gasteiger partial charge < -0.3 is 11.1 Å². The van der Waals surface area contributed by atoms with Crippen molar-refractivity contribution in [2.45, 2.75) is 76.8 Å². The van der Waals surface area contributed by atoms with Gasteiger partial charge in [-0.1, -0.05) is 39.0 Å². The van der Waals surface area contributed by atoms with E-state index in [0.717, 1.165) is 25.7 Å². The average molecular weight is 238 g/mol. The molecule has 0 saturated heterocycles. The van der Waals surface area contributed by atoms with Crippen molar-refractivity contribution < 1.29 is 4.79 Å². The number of amides is 1. The van der Waals surface area contributed by atoms with E-state index in [-0.39, 0.29) is 23.4 Å². The van der Waals surface area contributed by atoms with Crippen molar-refractivity contribution in [2.75, 3.05) is 0 Å². The number of carbonyl (C=O) groups excluding carboxylic acids is 1. The van der Waals surface area contributed by atoms with Gasteiger partial charge >= 0.3 is 0 Å². The Morgan fingerprint density at radius 2 is 1.76 bits per heavy atom. The summed E-state index contributed by atoms with van der Waals surface area (Å²) in [4.78, 5) is 12.4. The topological polar surface area (TPSA) is 55.1 Å². The molecule has 2 fully saturated rings. The van der Waals surface area contributed by atoms with E-state index < -0.39 is 0 Å². The third-order valence-electron chi connectivity index (χ3n) is 4.64. The van der Waals surface area contributed by atoms with Crippen molar-refractivity contribution in [3.63, 3.8) is 0 Å². The summed E-state index contributed by atoms with van der Waals surface area (Å²) in [5.74, 6) is 0.250. The van der Waals surface area contributed by atoms with Gasteiger partial charge in [0.05, 0.1) is 0 Å². The van der Waals surface area contributed by atoms with E-state index in [9.17, 15) is 4.79 Å². The summed E-state index contributed by atoms with van der Waals surface area (Å²) in [7, 11) is 0. The molecule has 0 heterocycles. The Kier molecular flexibility index (Phi) is 4.08. The molecule has 0 aliphatic heterocycles. The molecule has 98 valence electrons. The van der Waals surface area contributed by atoms with Crippen LogP contribution in [0.15, 0.2) is 0 Å². The van der Waals surface area contributed by atoms with Crippen LogP contribution in [0.5, 0.6) is 0 Å². The average Bonchev–Trinajstić information content (AvgIpc) is 2.33. The molecule has 0 aromatic heterocycles. The first-order chi connectivity index (χ1) is 8.12. The molecule has 17 heavy (non-hydrogen) atoms. The van der Waals surface area contributed by atoms with E-state index in [1.54, 1.807) is 0 Å². The molecule has 0 unspecified atom stereocenters. The van der Waals surface area contributed by atoms with E-state index in [1.165, 1.54) is 32.1 Å². The van der Waals surface area contributed by atoms with Crippen molar-refractivity contribution in [1.82, 2.24) is 5.32 Å². The van der Waals surface area contributed by atoms with Crippen molar-refractivity contribution >= 4 is 5.91 Å². The molecule has 1 amide bonds. The Balaban J connectivity index is 1.90. The highest BCUT2D eigenvalue weighted by atomic mass is 16.2. The maximum atomic E-state index is 12.4. The Hall–Kier alpha value is -0.570. The lowest BCUT2D eigenvalue weighted by atomic mass is 9.74. The zero-order valence-electron chi connectivity index (χ0n) is 11.0. The maximum Gasteiger partial charge on any atom is 0.226 e. The second-order valence-electron chi connectivity index (χ2n) is 6.15.